The van der Waals surface area contributed by atoms with Crippen molar-refractivity contribution in [3.8, 4) is 0 Å². The van der Waals surface area contributed by atoms with Crippen LogP contribution in [0.3, 0.4) is 0 Å². The van der Waals surface area contributed by atoms with Gasteiger partial charge in [-0.05, 0) is 61.1 Å². The summed E-state index contributed by atoms with van der Waals surface area (Å²) in [5.41, 5.74) is 2.84. The van der Waals surface area contributed by atoms with Crippen LogP contribution >= 0.6 is 11.3 Å². The van der Waals surface area contributed by atoms with Crippen molar-refractivity contribution < 1.29 is 18.0 Å². The average Bonchev–Trinajstić information content (AvgIpc) is 3.15. The van der Waals surface area contributed by atoms with Crippen molar-refractivity contribution in [3.05, 3.63) is 76.2 Å². The van der Waals surface area contributed by atoms with E-state index in [1.165, 1.54) is 42.5 Å². The van der Waals surface area contributed by atoms with Crippen LogP contribution < -0.4 is 15.4 Å². The van der Waals surface area contributed by atoms with Gasteiger partial charge >= 0.3 is 0 Å². The summed E-state index contributed by atoms with van der Waals surface area (Å²) in [6.45, 7) is 1.75. The van der Waals surface area contributed by atoms with Crippen LogP contribution in [-0.2, 0) is 34.2 Å². The smallest absolute Gasteiger partial charge is 0.262 e. The van der Waals surface area contributed by atoms with Gasteiger partial charge in [0.05, 0.1) is 10.5 Å². The minimum absolute atomic E-state index is 0.0543. The zero-order valence-corrected chi connectivity index (χ0v) is 19.8. The molecule has 0 atom stereocenters. The fourth-order valence-corrected chi connectivity index (χ4v) is 6.44. The minimum atomic E-state index is -3.91. The molecule has 33 heavy (non-hydrogen) atoms. The van der Waals surface area contributed by atoms with Crippen LogP contribution in [0.1, 0.15) is 46.1 Å². The SMILES string of the molecule is CC(=O)Nc1ccc(S(=O)(=O)Nc2sc3c(c2C(=O)NCc2ccccc2)CCCC3)cc1. The van der Waals surface area contributed by atoms with E-state index in [1.807, 2.05) is 30.3 Å². The molecule has 4 rings (SSSR count). The number of hydrogen-bond donors (Lipinski definition) is 3. The van der Waals surface area contributed by atoms with Gasteiger partial charge in [0.25, 0.3) is 15.9 Å². The molecule has 7 nitrogen and oxygen atoms in total. The van der Waals surface area contributed by atoms with E-state index in [-0.39, 0.29) is 16.7 Å². The highest BCUT2D eigenvalue weighted by Crippen LogP contribution is 2.39. The second-order valence-electron chi connectivity index (χ2n) is 7.89. The van der Waals surface area contributed by atoms with E-state index in [0.29, 0.717) is 22.8 Å². The normalized spacial score (nSPS) is 13.1. The van der Waals surface area contributed by atoms with Crippen LogP contribution in [0, 0.1) is 0 Å². The molecule has 0 saturated carbocycles. The van der Waals surface area contributed by atoms with Gasteiger partial charge in [-0.2, -0.15) is 0 Å². The first-order valence-electron chi connectivity index (χ1n) is 10.7. The summed E-state index contributed by atoms with van der Waals surface area (Å²) in [4.78, 5) is 25.5. The average molecular weight is 484 g/mol. The number of carbonyl (C=O) groups excluding carboxylic acids is 2. The van der Waals surface area contributed by atoms with E-state index in [2.05, 4.69) is 15.4 Å². The topological polar surface area (TPSA) is 104 Å². The molecule has 3 aromatic rings. The van der Waals surface area contributed by atoms with Crippen LogP contribution in [0.25, 0.3) is 0 Å². The summed E-state index contributed by atoms with van der Waals surface area (Å²) in [6, 6.07) is 15.5. The Hall–Kier alpha value is -3.17. The molecule has 0 saturated heterocycles. The number of aryl methyl sites for hydroxylation is 1. The number of hydrogen-bond acceptors (Lipinski definition) is 5. The maximum atomic E-state index is 13.2. The number of carbonyl (C=O) groups is 2. The van der Waals surface area contributed by atoms with Crippen LogP contribution in [-0.4, -0.2) is 20.2 Å². The number of rotatable bonds is 7. The summed E-state index contributed by atoms with van der Waals surface area (Å²) in [7, 11) is -3.91. The van der Waals surface area contributed by atoms with Gasteiger partial charge in [-0.15, -0.1) is 11.3 Å². The Bertz CT molecular complexity index is 1270. The van der Waals surface area contributed by atoms with Gasteiger partial charge in [0.2, 0.25) is 5.91 Å². The first-order chi connectivity index (χ1) is 15.8. The Labute approximate surface area is 197 Å². The number of benzene rings is 2. The number of anilines is 2. The van der Waals surface area contributed by atoms with Crippen molar-refractivity contribution in [2.75, 3.05) is 10.0 Å². The molecule has 0 bridgehead atoms. The lowest BCUT2D eigenvalue weighted by Crippen LogP contribution is -2.25. The third-order valence-corrected chi connectivity index (χ3v) is 8.11. The van der Waals surface area contributed by atoms with Gasteiger partial charge in [0.15, 0.2) is 0 Å². The molecule has 0 spiro atoms. The minimum Gasteiger partial charge on any atom is -0.348 e. The third-order valence-electron chi connectivity index (χ3n) is 5.41. The van der Waals surface area contributed by atoms with Crippen molar-refractivity contribution in [1.82, 2.24) is 5.32 Å². The lowest BCUT2D eigenvalue weighted by Gasteiger charge is -2.14. The number of fused-ring (bicyclic) bond motifs is 1. The lowest BCUT2D eigenvalue weighted by molar-refractivity contribution is -0.114. The van der Waals surface area contributed by atoms with E-state index in [4.69, 9.17) is 0 Å². The second-order valence-corrected chi connectivity index (χ2v) is 10.7. The van der Waals surface area contributed by atoms with E-state index in [9.17, 15) is 18.0 Å². The largest absolute Gasteiger partial charge is 0.348 e. The van der Waals surface area contributed by atoms with E-state index in [1.54, 1.807) is 0 Å². The van der Waals surface area contributed by atoms with Crippen molar-refractivity contribution in [1.29, 1.82) is 0 Å². The van der Waals surface area contributed by atoms with Gasteiger partial charge in [0.1, 0.15) is 5.00 Å². The number of sulfonamides is 1. The fraction of sp³-hybridized carbons (Fsp3) is 0.250. The molecular weight excluding hydrogens is 458 g/mol. The molecule has 0 fully saturated rings. The molecule has 9 heteroatoms. The summed E-state index contributed by atoms with van der Waals surface area (Å²) in [5.74, 6) is -0.518. The van der Waals surface area contributed by atoms with Crippen LogP contribution in [0.15, 0.2) is 59.5 Å². The zero-order chi connectivity index (χ0) is 23.4. The molecule has 1 aromatic heterocycles. The van der Waals surface area contributed by atoms with Crippen LogP contribution in [0.4, 0.5) is 10.7 Å². The second kappa shape index (κ2) is 9.76. The molecule has 172 valence electrons. The molecule has 1 aliphatic carbocycles. The summed E-state index contributed by atoms with van der Waals surface area (Å²) in [5, 5.41) is 5.89. The highest BCUT2D eigenvalue weighted by Gasteiger charge is 2.28. The third kappa shape index (κ3) is 5.43. The molecular formula is C24H25N3O4S2. The first-order valence-corrected chi connectivity index (χ1v) is 13.0. The molecule has 2 aromatic carbocycles. The number of amides is 2. The molecule has 1 aliphatic rings. The Balaban J connectivity index is 1.59. The first kappa shape index (κ1) is 23.0. The van der Waals surface area contributed by atoms with E-state index in [0.717, 1.165) is 41.7 Å². The van der Waals surface area contributed by atoms with Gasteiger partial charge in [-0.1, -0.05) is 30.3 Å². The van der Waals surface area contributed by atoms with Crippen molar-refractivity contribution in [3.63, 3.8) is 0 Å². The Morgan fingerprint density at radius 3 is 2.36 bits per heavy atom. The predicted molar refractivity (Wildman–Crippen MR) is 130 cm³/mol. The molecule has 0 aliphatic heterocycles. The summed E-state index contributed by atoms with van der Waals surface area (Å²) in [6.07, 6.45) is 3.59. The van der Waals surface area contributed by atoms with Gasteiger partial charge in [-0.3, -0.25) is 14.3 Å². The number of nitrogens with one attached hydrogen (secondary N) is 3. The fourth-order valence-electron chi connectivity index (χ4n) is 3.85. The molecule has 0 radical (unpaired) electrons. The maximum absolute atomic E-state index is 13.2. The zero-order valence-electron chi connectivity index (χ0n) is 18.2. The maximum Gasteiger partial charge on any atom is 0.262 e. The molecule has 2 amide bonds. The van der Waals surface area contributed by atoms with Gasteiger partial charge in [-0.25, -0.2) is 8.42 Å². The lowest BCUT2D eigenvalue weighted by atomic mass is 9.95. The molecule has 0 unspecified atom stereocenters. The van der Waals surface area contributed by atoms with E-state index >= 15 is 0 Å². The quantitative estimate of drug-likeness (QED) is 0.466. The van der Waals surface area contributed by atoms with Crippen molar-refractivity contribution in [2.45, 2.75) is 44.0 Å². The molecule has 1 heterocycles. The predicted octanol–water partition coefficient (Wildman–Crippen LogP) is 4.32. The number of thiophene rings is 1. The van der Waals surface area contributed by atoms with Crippen LogP contribution in [0.2, 0.25) is 0 Å². The van der Waals surface area contributed by atoms with Crippen molar-refractivity contribution in [2.24, 2.45) is 0 Å². The standard InChI is InChI=1S/C24H25N3O4S2/c1-16(28)26-18-11-13-19(14-12-18)33(30,31)27-24-22(20-9-5-6-10-21(20)32-24)23(29)25-15-17-7-3-2-4-8-17/h2-4,7-8,11-14,27H,5-6,9-10,15H2,1H3,(H,25,29)(H,26,28). The Morgan fingerprint density at radius 2 is 1.67 bits per heavy atom. The highest BCUT2D eigenvalue weighted by atomic mass is 32.2. The van der Waals surface area contributed by atoms with Crippen LogP contribution in [0.5, 0.6) is 0 Å². The van der Waals surface area contributed by atoms with Gasteiger partial charge in [0, 0.05) is 24.0 Å². The highest BCUT2D eigenvalue weighted by molar-refractivity contribution is 7.93. The van der Waals surface area contributed by atoms with Crippen molar-refractivity contribution >= 4 is 43.9 Å². The monoisotopic (exact) mass is 483 g/mol. The Morgan fingerprint density at radius 1 is 0.970 bits per heavy atom. The molecule has 3 N–H and O–H groups in total. The Kier molecular flexibility index (Phi) is 6.80. The van der Waals surface area contributed by atoms with Gasteiger partial charge < -0.3 is 10.6 Å². The summed E-state index contributed by atoms with van der Waals surface area (Å²) < 4.78 is 28.8. The van der Waals surface area contributed by atoms with E-state index < -0.39 is 10.0 Å². The summed E-state index contributed by atoms with van der Waals surface area (Å²) >= 11 is 1.34.